The lowest BCUT2D eigenvalue weighted by Crippen LogP contribution is -2.36. The highest BCUT2D eigenvalue weighted by Crippen LogP contribution is 2.34. The Morgan fingerprint density at radius 2 is 1.95 bits per heavy atom. The van der Waals surface area contributed by atoms with E-state index in [0.717, 1.165) is 24.9 Å². The number of nitrogens with one attached hydrogen (secondary N) is 1. The summed E-state index contributed by atoms with van der Waals surface area (Å²) in [5, 5.41) is 1.24. The molecule has 3 nitrogen and oxygen atoms in total. The fraction of sp³-hybridized carbons (Fsp3) is 0.500. The fourth-order valence-corrected chi connectivity index (χ4v) is 3.57. The van der Waals surface area contributed by atoms with E-state index < -0.39 is 0 Å². The summed E-state index contributed by atoms with van der Waals surface area (Å²) in [4.78, 5) is 18.2. The van der Waals surface area contributed by atoms with Gasteiger partial charge < -0.3 is 9.88 Å². The third kappa shape index (κ3) is 2.57. The van der Waals surface area contributed by atoms with Crippen LogP contribution in [0.15, 0.2) is 30.5 Å². The summed E-state index contributed by atoms with van der Waals surface area (Å²) >= 11 is 0. The Hall–Kier alpha value is -1.77. The number of hydrogen-bond donors (Lipinski definition) is 1. The molecule has 0 saturated heterocycles. The van der Waals surface area contributed by atoms with Gasteiger partial charge in [-0.15, -0.1) is 0 Å². The van der Waals surface area contributed by atoms with Crippen molar-refractivity contribution in [3.8, 4) is 0 Å². The lowest BCUT2D eigenvalue weighted by Gasteiger charge is -2.25. The molecule has 0 spiro atoms. The van der Waals surface area contributed by atoms with Crippen molar-refractivity contribution in [2.45, 2.75) is 51.1 Å². The van der Waals surface area contributed by atoms with Gasteiger partial charge in [0.2, 0.25) is 5.91 Å². The summed E-state index contributed by atoms with van der Waals surface area (Å²) < 4.78 is 0. The van der Waals surface area contributed by atoms with Crippen molar-refractivity contribution < 1.29 is 4.79 Å². The van der Waals surface area contributed by atoms with Crippen LogP contribution in [0.5, 0.6) is 0 Å². The van der Waals surface area contributed by atoms with E-state index in [4.69, 9.17) is 0 Å². The second-order valence-electron chi connectivity index (χ2n) is 6.58. The zero-order valence-corrected chi connectivity index (χ0v) is 12.3. The number of rotatable bonds is 4. The average Bonchev–Trinajstić information content (AvgIpc) is 3.02. The minimum absolute atomic E-state index is 0.291. The van der Waals surface area contributed by atoms with E-state index >= 15 is 0 Å². The summed E-state index contributed by atoms with van der Waals surface area (Å²) in [5.74, 6) is 0.696. The second kappa shape index (κ2) is 5.21. The maximum absolute atomic E-state index is 12.8. The number of benzene rings is 1. The minimum Gasteiger partial charge on any atom is -0.361 e. The lowest BCUT2D eigenvalue weighted by atomic mass is 10.1. The Kier molecular flexibility index (Phi) is 3.21. The standard InChI is InChI=1S/C18H22N2O/c21-18(15-3-1-2-4-15)20(16-7-8-16)12-13-5-6-14-9-10-19-17(14)11-13/h5-6,9-11,15-16,19H,1-4,7-8,12H2. The average molecular weight is 282 g/mol. The topological polar surface area (TPSA) is 36.1 Å². The highest BCUT2D eigenvalue weighted by atomic mass is 16.2. The van der Waals surface area contributed by atoms with Gasteiger partial charge in [0.05, 0.1) is 0 Å². The first kappa shape index (κ1) is 12.9. The zero-order valence-electron chi connectivity index (χ0n) is 12.3. The molecule has 2 aliphatic carbocycles. The van der Waals surface area contributed by atoms with Crippen LogP contribution in [0.25, 0.3) is 10.9 Å². The second-order valence-corrected chi connectivity index (χ2v) is 6.58. The monoisotopic (exact) mass is 282 g/mol. The Morgan fingerprint density at radius 3 is 2.71 bits per heavy atom. The Labute approximate surface area is 125 Å². The van der Waals surface area contributed by atoms with Crippen LogP contribution in [-0.2, 0) is 11.3 Å². The predicted octanol–water partition coefficient (Wildman–Crippen LogP) is 3.85. The Morgan fingerprint density at radius 1 is 1.14 bits per heavy atom. The summed E-state index contributed by atoms with van der Waals surface area (Å²) in [6, 6.07) is 9.07. The van der Waals surface area contributed by atoms with E-state index in [9.17, 15) is 4.79 Å². The third-order valence-electron chi connectivity index (χ3n) is 4.95. The van der Waals surface area contributed by atoms with Gasteiger partial charge >= 0.3 is 0 Å². The van der Waals surface area contributed by atoms with Crippen LogP contribution in [0.1, 0.15) is 44.1 Å². The maximum Gasteiger partial charge on any atom is 0.226 e. The van der Waals surface area contributed by atoms with Crippen molar-refractivity contribution in [1.29, 1.82) is 0 Å². The zero-order chi connectivity index (χ0) is 14.2. The van der Waals surface area contributed by atoms with Gasteiger partial charge in [-0.25, -0.2) is 0 Å². The van der Waals surface area contributed by atoms with E-state index in [1.165, 1.54) is 36.6 Å². The number of nitrogens with zero attached hydrogens (tertiary/aromatic N) is 1. The summed E-state index contributed by atoms with van der Waals surface area (Å²) in [7, 11) is 0. The number of aromatic amines is 1. The van der Waals surface area contributed by atoms with Gasteiger partial charge in [0.1, 0.15) is 0 Å². The fourth-order valence-electron chi connectivity index (χ4n) is 3.57. The highest BCUT2D eigenvalue weighted by Gasteiger charge is 2.36. The van der Waals surface area contributed by atoms with Crippen LogP contribution in [0.2, 0.25) is 0 Å². The molecular weight excluding hydrogens is 260 g/mol. The Balaban J connectivity index is 1.55. The number of carbonyl (C=O) groups is 1. The SMILES string of the molecule is O=C(C1CCCC1)N(Cc1ccc2cc[nH]c2c1)C1CC1. The van der Waals surface area contributed by atoms with Crippen LogP contribution in [-0.4, -0.2) is 21.8 Å². The minimum atomic E-state index is 0.291. The molecule has 0 unspecified atom stereocenters. The molecule has 21 heavy (non-hydrogen) atoms. The van der Waals surface area contributed by atoms with Crippen molar-refractivity contribution in [2.24, 2.45) is 5.92 Å². The molecule has 1 aromatic carbocycles. The molecule has 1 heterocycles. The molecule has 2 aliphatic rings. The first-order valence-electron chi connectivity index (χ1n) is 8.18. The van der Waals surface area contributed by atoms with E-state index in [-0.39, 0.29) is 0 Å². The number of amides is 1. The molecule has 0 radical (unpaired) electrons. The van der Waals surface area contributed by atoms with Crippen molar-refractivity contribution in [2.75, 3.05) is 0 Å². The number of aromatic nitrogens is 1. The van der Waals surface area contributed by atoms with Gasteiger partial charge in [-0.05, 0) is 48.8 Å². The molecule has 110 valence electrons. The molecule has 1 amide bonds. The van der Waals surface area contributed by atoms with Crippen LogP contribution < -0.4 is 0 Å². The van der Waals surface area contributed by atoms with E-state index in [2.05, 4.69) is 34.1 Å². The predicted molar refractivity (Wildman–Crippen MR) is 83.8 cm³/mol. The van der Waals surface area contributed by atoms with Gasteiger partial charge in [-0.1, -0.05) is 25.0 Å². The Bertz CT molecular complexity index is 650. The molecular formula is C18H22N2O. The number of H-pyrrole nitrogens is 1. The van der Waals surface area contributed by atoms with Gasteiger partial charge in [0, 0.05) is 30.2 Å². The van der Waals surface area contributed by atoms with Crippen LogP contribution in [0, 0.1) is 5.92 Å². The van der Waals surface area contributed by atoms with Crippen molar-refractivity contribution in [3.05, 3.63) is 36.0 Å². The highest BCUT2D eigenvalue weighted by molar-refractivity contribution is 5.81. The van der Waals surface area contributed by atoms with Gasteiger partial charge in [-0.2, -0.15) is 0 Å². The molecule has 0 aliphatic heterocycles. The number of carbonyl (C=O) groups excluding carboxylic acids is 1. The lowest BCUT2D eigenvalue weighted by molar-refractivity contribution is -0.136. The van der Waals surface area contributed by atoms with E-state index in [0.29, 0.717) is 17.9 Å². The molecule has 4 rings (SSSR count). The van der Waals surface area contributed by atoms with E-state index in [1.54, 1.807) is 0 Å². The van der Waals surface area contributed by atoms with Crippen molar-refractivity contribution in [1.82, 2.24) is 9.88 Å². The number of fused-ring (bicyclic) bond motifs is 1. The first-order valence-corrected chi connectivity index (χ1v) is 8.18. The molecule has 2 aromatic rings. The third-order valence-corrected chi connectivity index (χ3v) is 4.95. The van der Waals surface area contributed by atoms with Crippen LogP contribution >= 0.6 is 0 Å². The quantitative estimate of drug-likeness (QED) is 0.908. The van der Waals surface area contributed by atoms with Crippen LogP contribution in [0.4, 0.5) is 0 Å². The molecule has 1 N–H and O–H groups in total. The van der Waals surface area contributed by atoms with Crippen molar-refractivity contribution in [3.63, 3.8) is 0 Å². The summed E-state index contributed by atoms with van der Waals surface area (Å²) in [6.07, 6.45) is 8.98. The number of hydrogen-bond acceptors (Lipinski definition) is 1. The van der Waals surface area contributed by atoms with Gasteiger partial charge in [0.25, 0.3) is 0 Å². The van der Waals surface area contributed by atoms with Crippen molar-refractivity contribution >= 4 is 16.8 Å². The first-order chi connectivity index (χ1) is 10.3. The molecule has 1 aromatic heterocycles. The summed E-state index contributed by atoms with van der Waals surface area (Å²) in [6.45, 7) is 0.773. The van der Waals surface area contributed by atoms with Gasteiger partial charge in [0.15, 0.2) is 0 Å². The molecule has 2 fully saturated rings. The van der Waals surface area contributed by atoms with E-state index in [1.807, 2.05) is 6.20 Å². The largest absolute Gasteiger partial charge is 0.361 e. The summed E-state index contributed by atoms with van der Waals surface area (Å²) in [5.41, 5.74) is 2.40. The smallest absolute Gasteiger partial charge is 0.226 e. The molecule has 2 saturated carbocycles. The van der Waals surface area contributed by atoms with Crippen LogP contribution in [0.3, 0.4) is 0 Å². The molecule has 3 heteroatoms. The molecule has 0 atom stereocenters. The van der Waals surface area contributed by atoms with Gasteiger partial charge in [-0.3, -0.25) is 4.79 Å². The maximum atomic E-state index is 12.8. The normalized spacial score (nSPS) is 19.2. The molecule has 0 bridgehead atoms.